The molecule has 3 fully saturated rings. The number of alkyl halides is 6. The largest absolute Gasteiger partial charge is 0.426 e. The van der Waals surface area contributed by atoms with Crippen LogP contribution in [-0.4, -0.2) is 56.7 Å². The lowest BCUT2D eigenvalue weighted by Crippen LogP contribution is -2.58. The molecule has 0 aromatic rings. The number of halogens is 6. The van der Waals surface area contributed by atoms with E-state index in [1.165, 1.54) is 5.57 Å². The van der Waals surface area contributed by atoms with Crippen molar-refractivity contribution in [2.45, 2.75) is 108 Å². The Morgan fingerprint density at radius 3 is 2.30 bits per heavy atom. The monoisotopic (exact) mass is 540 g/mol. The number of rotatable bonds is 6. The minimum atomic E-state index is -5.95. The molecular formula is C27H38F6O4. The van der Waals surface area contributed by atoms with Crippen LogP contribution in [0.1, 0.15) is 71.6 Å². The van der Waals surface area contributed by atoms with Gasteiger partial charge in [-0.1, -0.05) is 38.2 Å². The van der Waals surface area contributed by atoms with Crippen molar-refractivity contribution in [2.24, 2.45) is 23.2 Å². The summed E-state index contributed by atoms with van der Waals surface area (Å²) in [6.45, 7) is 7.78. The van der Waals surface area contributed by atoms with E-state index < -0.39 is 42.7 Å². The lowest BCUT2D eigenvalue weighted by atomic mass is 9.60. The first-order chi connectivity index (χ1) is 16.9. The summed E-state index contributed by atoms with van der Waals surface area (Å²) in [7, 11) is 0. The molecule has 0 aliphatic heterocycles. The molecule has 0 spiro atoms. The molecule has 3 aliphatic rings. The summed E-state index contributed by atoms with van der Waals surface area (Å²) < 4.78 is 78.4. The van der Waals surface area contributed by atoms with E-state index in [-0.39, 0.29) is 36.0 Å². The molecule has 0 heterocycles. The Morgan fingerprint density at radius 2 is 1.70 bits per heavy atom. The maximum Gasteiger partial charge on any atom is 0.426 e. The lowest BCUT2D eigenvalue weighted by Gasteiger charge is -2.45. The van der Waals surface area contributed by atoms with Crippen molar-refractivity contribution < 1.29 is 46.8 Å². The number of aliphatic hydroxyl groups is 4. The van der Waals surface area contributed by atoms with Crippen LogP contribution in [0.2, 0.25) is 0 Å². The number of hydrogen-bond acceptors (Lipinski definition) is 4. The van der Waals surface area contributed by atoms with Gasteiger partial charge in [0.2, 0.25) is 0 Å². The van der Waals surface area contributed by atoms with E-state index in [0.29, 0.717) is 12.0 Å². The molecule has 0 aromatic heterocycles. The first-order valence-electron chi connectivity index (χ1n) is 12.9. The van der Waals surface area contributed by atoms with E-state index in [9.17, 15) is 46.8 Å². The van der Waals surface area contributed by atoms with Gasteiger partial charge in [0.25, 0.3) is 5.60 Å². The van der Waals surface area contributed by atoms with Crippen molar-refractivity contribution in [2.75, 3.05) is 0 Å². The SMILES string of the molecule is C=C1/C(=C\C=C2/CCC[C@@]3(C)C2CCC3C(C)C[C@H](O)CC(O)(C(F)(F)F)C(F)(F)F)C[C@@H](O)C[C@@H]1O. The second-order valence-electron chi connectivity index (χ2n) is 11.6. The van der Waals surface area contributed by atoms with Crippen molar-refractivity contribution >= 4 is 0 Å². The Labute approximate surface area is 213 Å². The van der Waals surface area contributed by atoms with Gasteiger partial charge in [-0.25, -0.2) is 0 Å². The van der Waals surface area contributed by atoms with E-state index >= 15 is 0 Å². The molecule has 0 aromatic carbocycles. The quantitative estimate of drug-likeness (QED) is 0.323. The summed E-state index contributed by atoms with van der Waals surface area (Å²) in [5.74, 6) is -0.185. The molecule has 0 bridgehead atoms. The Balaban J connectivity index is 1.73. The van der Waals surface area contributed by atoms with Crippen LogP contribution in [0.25, 0.3) is 0 Å². The highest BCUT2D eigenvalue weighted by atomic mass is 19.4. The fraction of sp³-hybridized carbons (Fsp3) is 0.778. The summed E-state index contributed by atoms with van der Waals surface area (Å²) in [5.41, 5.74) is -2.61. The molecule has 37 heavy (non-hydrogen) atoms. The first-order valence-corrected chi connectivity index (χ1v) is 12.9. The van der Waals surface area contributed by atoms with Gasteiger partial charge in [-0.2, -0.15) is 26.3 Å². The summed E-state index contributed by atoms with van der Waals surface area (Å²) in [5, 5.41) is 39.8. The van der Waals surface area contributed by atoms with Gasteiger partial charge in [-0.15, -0.1) is 0 Å². The summed E-state index contributed by atoms with van der Waals surface area (Å²) >= 11 is 0. The minimum absolute atomic E-state index is 0.0124. The van der Waals surface area contributed by atoms with E-state index in [2.05, 4.69) is 13.5 Å². The highest BCUT2D eigenvalue weighted by molar-refractivity contribution is 5.38. The van der Waals surface area contributed by atoms with Gasteiger partial charge in [0.1, 0.15) is 0 Å². The van der Waals surface area contributed by atoms with Crippen molar-refractivity contribution in [1.29, 1.82) is 0 Å². The highest BCUT2D eigenvalue weighted by Gasteiger charge is 2.70. The van der Waals surface area contributed by atoms with Crippen LogP contribution in [0.3, 0.4) is 0 Å². The zero-order valence-corrected chi connectivity index (χ0v) is 21.2. The normalized spacial score (nSPS) is 35.6. The molecule has 4 N–H and O–H groups in total. The molecule has 3 aliphatic carbocycles. The number of fused-ring (bicyclic) bond motifs is 1. The van der Waals surface area contributed by atoms with Crippen LogP contribution in [0.4, 0.5) is 26.3 Å². The van der Waals surface area contributed by atoms with Crippen LogP contribution >= 0.6 is 0 Å². The second-order valence-corrected chi connectivity index (χ2v) is 11.6. The van der Waals surface area contributed by atoms with Crippen molar-refractivity contribution in [3.05, 3.63) is 35.5 Å². The number of allylic oxidation sites excluding steroid dienone is 3. The number of hydrogen-bond donors (Lipinski definition) is 4. The van der Waals surface area contributed by atoms with Gasteiger partial charge in [0, 0.05) is 12.8 Å². The molecular weight excluding hydrogens is 502 g/mol. The molecule has 7 atom stereocenters. The Morgan fingerprint density at radius 1 is 1.08 bits per heavy atom. The van der Waals surface area contributed by atoms with E-state index in [1.807, 2.05) is 12.2 Å². The maximum absolute atomic E-state index is 13.1. The highest BCUT2D eigenvalue weighted by Crippen LogP contribution is 2.60. The van der Waals surface area contributed by atoms with Gasteiger partial charge in [0.05, 0.1) is 18.3 Å². The van der Waals surface area contributed by atoms with Gasteiger partial charge in [0.15, 0.2) is 0 Å². The number of aliphatic hydroxyl groups excluding tert-OH is 3. The molecule has 3 unspecified atom stereocenters. The van der Waals surface area contributed by atoms with Gasteiger partial charge in [-0.05, 0) is 79.3 Å². The smallest absolute Gasteiger partial charge is 0.393 e. The van der Waals surface area contributed by atoms with Crippen LogP contribution in [-0.2, 0) is 0 Å². The van der Waals surface area contributed by atoms with Crippen molar-refractivity contribution in [3.8, 4) is 0 Å². The maximum atomic E-state index is 13.1. The Hall–Kier alpha value is -1.36. The van der Waals surface area contributed by atoms with E-state index in [0.717, 1.165) is 37.7 Å². The summed E-state index contributed by atoms with van der Waals surface area (Å²) in [6, 6.07) is 0. The van der Waals surface area contributed by atoms with Crippen LogP contribution in [0.5, 0.6) is 0 Å². The molecule has 10 heteroatoms. The molecule has 3 rings (SSSR count). The molecule has 0 amide bonds. The first kappa shape index (κ1) is 30.2. The van der Waals surface area contributed by atoms with E-state index in [1.54, 1.807) is 6.92 Å². The Kier molecular flexibility index (Phi) is 8.70. The third-order valence-electron chi connectivity index (χ3n) is 9.10. The molecule has 0 saturated heterocycles. The predicted octanol–water partition coefficient (Wildman–Crippen LogP) is 5.76. The summed E-state index contributed by atoms with van der Waals surface area (Å²) in [4.78, 5) is 0. The van der Waals surface area contributed by atoms with Crippen LogP contribution in [0, 0.1) is 23.2 Å². The topological polar surface area (TPSA) is 80.9 Å². The van der Waals surface area contributed by atoms with Crippen LogP contribution in [0.15, 0.2) is 35.5 Å². The average Bonchev–Trinajstić information content (AvgIpc) is 3.11. The zero-order chi connectivity index (χ0) is 28.0. The Bertz CT molecular complexity index is 894. The standard InChI is InChI=1S/C27H38F6O4/c1-15(11-20(35)14-25(37,26(28,29)30)27(31,32)33)21-8-9-22-17(5-4-10-24(21,22)3)6-7-18-12-19(34)13-23(36)16(18)2/h6-7,15,19-23,34-37H,2,4-5,8-14H2,1,3H3/b17-6+,18-7-/t15?,19-,20+,21?,22?,23+,24-/m1/s1. The minimum Gasteiger partial charge on any atom is -0.393 e. The van der Waals surface area contributed by atoms with Crippen LogP contribution < -0.4 is 0 Å². The summed E-state index contributed by atoms with van der Waals surface area (Å²) in [6.07, 6.45) is -8.72. The molecule has 3 saturated carbocycles. The second kappa shape index (κ2) is 10.7. The van der Waals surface area contributed by atoms with E-state index in [4.69, 9.17) is 0 Å². The molecule has 4 nitrogen and oxygen atoms in total. The van der Waals surface area contributed by atoms with Gasteiger partial charge < -0.3 is 20.4 Å². The molecule has 0 radical (unpaired) electrons. The third-order valence-corrected chi connectivity index (χ3v) is 9.10. The average molecular weight is 541 g/mol. The zero-order valence-electron chi connectivity index (χ0n) is 21.2. The fourth-order valence-electron chi connectivity index (χ4n) is 7.09. The van der Waals surface area contributed by atoms with Gasteiger partial charge in [-0.3, -0.25) is 0 Å². The predicted molar refractivity (Wildman–Crippen MR) is 126 cm³/mol. The molecule has 212 valence electrons. The van der Waals surface area contributed by atoms with Gasteiger partial charge >= 0.3 is 12.4 Å². The van der Waals surface area contributed by atoms with Crippen molar-refractivity contribution in [1.82, 2.24) is 0 Å². The fourth-order valence-corrected chi connectivity index (χ4v) is 7.09. The lowest BCUT2D eigenvalue weighted by molar-refractivity contribution is -0.374. The third kappa shape index (κ3) is 5.97. The van der Waals surface area contributed by atoms with Crippen molar-refractivity contribution in [3.63, 3.8) is 0 Å².